The monoisotopic (exact) mass is 324 g/mol. The van der Waals surface area contributed by atoms with Gasteiger partial charge in [0.2, 0.25) is 0 Å². The molecule has 3 rings (SSSR count). The van der Waals surface area contributed by atoms with Crippen LogP contribution in [0, 0.1) is 11.3 Å². The fourth-order valence-corrected chi connectivity index (χ4v) is 3.35. The first-order chi connectivity index (χ1) is 11.3. The van der Waals surface area contributed by atoms with E-state index in [-0.39, 0.29) is 0 Å². The van der Waals surface area contributed by atoms with Gasteiger partial charge in [0.1, 0.15) is 11.5 Å². The predicted molar refractivity (Wildman–Crippen MR) is 93.2 cm³/mol. The molecule has 0 amide bonds. The van der Waals surface area contributed by atoms with Crippen molar-refractivity contribution in [3.05, 3.63) is 42.5 Å². The lowest BCUT2D eigenvalue weighted by Gasteiger charge is -2.04. The first kappa shape index (κ1) is 15.3. The Hall–Kier alpha value is -2.58. The van der Waals surface area contributed by atoms with E-state index in [1.165, 1.54) is 11.8 Å². The first-order valence-electron chi connectivity index (χ1n) is 7.10. The molecule has 0 saturated carbocycles. The van der Waals surface area contributed by atoms with Crippen molar-refractivity contribution in [2.24, 2.45) is 0 Å². The van der Waals surface area contributed by atoms with E-state index in [9.17, 15) is 0 Å². The van der Waals surface area contributed by atoms with Crippen LogP contribution in [0.25, 0.3) is 22.2 Å². The highest BCUT2D eigenvalue weighted by atomic mass is 32.2. The number of methoxy groups -OCH3 is 2. The molecule has 3 aromatic rings. The maximum Gasteiger partial charge on any atom is 0.120 e. The van der Waals surface area contributed by atoms with Crippen LogP contribution in [0.15, 0.2) is 47.4 Å². The first-order valence-corrected chi connectivity index (χ1v) is 8.09. The molecule has 0 spiro atoms. The summed E-state index contributed by atoms with van der Waals surface area (Å²) in [5.74, 6) is 2.02. The van der Waals surface area contributed by atoms with E-state index in [1.54, 1.807) is 14.2 Å². The molecule has 23 heavy (non-hydrogen) atoms. The average molecular weight is 324 g/mol. The fraction of sp³-hybridized carbons (Fsp3) is 0.167. The van der Waals surface area contributed by atoms with E-state index in [4.69, 9.17) is 14.7 Å². The second-order valence-electron chi connectivity index (χ2n) is 4.92. The molecule has 0 aliphatic carbocycles. The molecule has 0 saturated heterocycles. The summed E-state index contributed by atoms with van der Waals surface area (Å²) in [6, 6.07) is 16.0. The zero-order valence-electron chi connectivity index (χ0n) is 12.9. The van der Waals surface area contributed by atoms with Crippen LogP contribution in [0.2, 0.25) is 0 Å². The number of nitrogens with one attached hydrogen (secondary N) is 1. The van der Waals surface area contributed by atoms with Crippen molar-refractivity contribution in [3.8, 4) is 28.8 Å². The van der Waals surface area contributed by atoms with Crippen LogP contribution in [0.3, 0.4) is 0 Å². The van der Waals surface area contributed by atoms with Gasteiger partial charge in [0, 0.05) is 16.3 Å². The highest BCUT2D eigenvalue weighted by Crippen LogP contribution is 2.39. The molecular formula is C18H16N2O2S. The summed E-state index contributed by atoms with van der Waals surface area (Å²) in [4.78, 5) is 4.53. The second-order valence-corrected chi connectivity index (χ2v) is 5.90. The number of aromatic amines is 1. The number of hydrogen-bond donors (Lipinski definition) is 1. The fourth-order valence-electron chi connectivity index (χ4n) is 2.49. The highest BCUT2D eigenvalue weighted by molar-refractivity contribution is 7.99. The third-order valence-corrected chi connectivity index (χ3v) is 4.60. The molecule has 116 valence electrons. The van der Waals surface area contributed by atoms with Crippen LogP contribution in [-0.4, -0.2) is 25.0 Å². The Morgan fingerprint density at radius 1 is 1.04 bits per heavy atom. The van der Waals surface area contributed by atoms with Gasteiger partial charge in [-0.2, -0.15) is 5.26 Å². The molecule has 2 aromatic carbocycles. The van der Waals surface area contributed by atoms with Crippen LogP contribution >= 0.6 is 11.8 Å². The number of ether oxygens (including phenoxy) is 2. The quantitative estimate of drug-likeness (QED) is 0.704. The largest absolute Gasteiger partial charge is 0.497 e. The van der Waals surface area contributed by atoms with E-state index < -0.39 is 0 Å². The lowest BCUT2D eigenvalue weighted by molar-refractivity contribution is 0.415. The number of rotatable bonds is 5. The Morgan fingerprint density at radius 3 is 2.39 bits per heavy atom. The smallest absolute Gasteiger partial charge is 0.120 e. The third kappa shape index (κ3) is 2.99. The summed E-state index contributed by atoms with van der Waals surface area (Å²) in [6.07, 6.45) is 0. The Balaban J connectivity index is 2.14. The van der Waals surface area contributed by atoms with Crippen LogP contribution < -0.4 is 9.47 Å². The van der Waals surface area contributed by atoms with Crippen LogP contribution in [-0.2, 0) is 0 Å². The Morgan fingerprint density at radius 2 is 1.74 bits per heavy atom. The number of aromatic nitrogens is 1. The third-order valence-electron chi connectivity index (χ3n) is 3.62. The number of nitriles is 1. The normalized spacial score (nSPS) is 10.5. The molecule has 1 N–H and O–H groups in total. The van der Waals surface area contributed by atoms with Crippen molar-refractivity contribution in [3.63, 3.8) is 0 Å². The molecule has 0 fully saturated rings. The highest BCUT2D eigenvalue weighted by Gasteiger charge is 2.14. The van der Waals surface area contributed by atoms with Gasteiger partial charge in [-0.15, -0.1) is 11.8 Å². The molecule has 0 atom stereocenters. The number of fused-ring (bicyclic) bond motifs is 1. The van der Waals surface area contributed by atoms with Gasteiger partial charge >= 0.3 is 0 Å². The Bertz CT molecular complexity index is 863. The number of nitrogens with zero attached hydrogens (tertiary/aromatic N) is 1. The van der Waals surface area contributed by atoms with Crippen molar-refractivity contribution in [1.29, 1.82) is 5.26 Å². The van der Waals surface area contributed by atoms with E-state index in [0.717, 1.165) is 38.6 Å². The van der Waals surface area contributed by atoms with E-state index in [2.05, 4.69) is 11.1 Å². The molecule has 4 nitrogen and oxygen atoms in total. The molecule has 0 unspecified atom stereocenters. The van der Waals surface area contributed by atoms with Gasteiger partial charge < -0.3 is 14.5 Å². The van der Waals surface area contributed by atoms with Gasteiger partial charge in [-0.25, -0.2) is 0 Å². The van der Waals surface area contributed by atoms with E-state index in [1.807, 2.05) is 42.5 Å². The minimum absolute atomic E-state index is 0.405. The van der Waals surface area contributed by atoms with Crippen molar-refractivity contribution >= 4 is 22.7 Å². The summed E-state index contributed by atoms with van der Waals surface area (Å²) in [5.41, 5.74) is 3.06. The summed E-state index contributed by atoms with van der Waals surface area (Å²) in [5, 5.41) is 10.0. The lowest BCUT2D eigenvalue weighted by Crippen LogP contribution is -1.84. The van der Waals surface area contributed by atoms with Crippen LogP contribution in [0.5, 0.6) is 11.5 Å². The van der Waals surface area contributed by atoms with Crippen molar-refractivity contribution in [2.75, 3.05) is 20.0 Å². The second kappa shape index (κ2) is 6.67. The number of H-pyrrole nitrogens is 1. The minimum Gasteiger partial charge on any atom is -0.497 e. The minimum atomic E-state index is 0.405. The molecule has 1 heterocycles. The SMILES string of the molecule is COc1ccc(-c2[nH]c3cc(OC)ccc3c2SCC#N)cc1. The summed E-state index contributed by atoms with van der Waals surface area (Å²) >= 11 is 1.54. The number of hydrogen-bond acceptors (Lipinski definition) is 4. The van der Waals surface area contributed by atoms with Crippen molar-refractivity contribution in [1.82, 2.24) is 4.98 Å². The topological polar surface area (TPSA) is 58.0 Å². The molecule has 1 aromatic heterocycles. The standard InChI is InChI=1S/C18H16N2O2S/c1-21-13-5-3-12(4-6-13)17-18(23-10-9-19)15-8-7-14(22-2)11-16(15)20-17/h3-8,11,20H,10H2,1-2H3. The van der Waals surface area contributed by atoms with E-state index >= 15 is 0 Å². The maximum atomic E-state index is 8.93. The maximum absolute atomic E-state index is 8.93. The van der Waals surface area contributed by atoms with Gasteiger partial charge in [0.15, 0.2) is 0 Å². The number of benzene rings is 2. The lowest BCUT2D eigenvalue weighted by atomic mass is 10.1. The van der Waals surface area contributed by atoms with Crippen LogP contribution in [0.4, 0.5) is 0 Å². The predicted octanol–water partition coefficient (Wildman–Crippen LogP) is 4.47. The zero-order valence-corrected chi connectivity index (χ0v) is 13.7. The van der Waals surface area contributed by atoms with Gasteiger partial charge in [-0.3, -0.25) is 0 Å². The molecule has 0 aliphatic heterocycles. The molecule has 0 aliphatic rings. The zero-order chi connectivity index (χ0) is 16.2. The molecular weight excluding hydrogens is 308 g/mol. The van der Waals surface area contributed by atoms with E-state index in [0.29, 0.717) is 5.75 Å². The molecule has 5 heteroatoms. The van der Waals surface area contributed by atoms with Crippen molar-refractivity contribution in [2.45, 2.75) is 4.90 Å². The van der Waals surface area contributed by atoms with Gasteiger partial charge in [0.25, 0.3) is 0 Å². The Labute approximate surface area is 139 Å². The average Bonchev–Trinajstić information content (AvgIpc) is 2.97. The van der Waals surface area contributed by atoms with Gasteiger partial charge in [-0.1, -0.05) is 0 Å². The van der Waals surface area contributed by atoms with Gasteiger partial charge in [0.05, 0.1) is 37.3 Å². The summed E-state index contributed by atoms with van der Waals surface area (Å²) < 4.78 is 10.5. The van der Waals surface area contributed by atoms with Crippen LogP contribution in [0.1, 0.15) is 0 Å². The van der Waals surface area contributed by atoms with Crippen molar-refractivity contribution < 1.29 is 9.47 Å². The summed E-state index contributed by atoms with van der Waals surface area (Å²) in [6.45, 7) is 0. The summed E-state index contributed by atoms with van der Waals surface area (Å²) in [7, 11) is 3.30. The molecule has 0 bridgehead atoms. The Kier molecular flexibility index (Phi) is 4.45. The van der Waals surface area contributed by atoms with Gasteiger partial charge in [-0.05, 0) is 42.0 Å². The molecule has 0 radical (unpaired) electrons. The number of thioether (sulfide) groups is 1.